The largest absolute Gasteiger partial charge is 0.455 e. The first-order valence-electron chi connectivity index (χ1n) is 26.2. The van der Waals surface area contributed by atoms with Crippen molar-refractivity contribution in [1.82, 2.24) is 9.13 Å². The van der Waals surface area contributed by atoms with Gasteiger partial charge in [0, 0.05) is 49.3 Å². The summed E-state index contributed by atoms with van der Waals surface area (Å²) in [6, 6.07) is 107. The summed E-state index contributed by atoms with van der Waals surface area (Å²) in [6.45, 7) is 0. The number of furan rings is 1. The van der Waals surface area contributed by atoms with Crippen molar-refractivity contribution in [3.63, 3.8) is 0 Å². The minimum absolute atomic E-state index is 0.883. The van der Waals surface area contributed by atoms with E-state index >= 15 is 0 Å². The molecule has 0 unspecified atom stereocenters. The molecule has 3 aromatic heterocycles. The maximum absolute atomic E-state index is 6.92. The lowest BCUT2D eigenvalue weighted by molar-refractivity contribution is 0.670. The lowest BCUT2D eigenvalue weighted by Crippen LogP contribution is -2.74. The molecule has 76 heavy (non-hydrogen) atoms. The van der Waals surface area contributed by atoms with Crippen LogP contribution < -0.4 is 20.7 Å². The molecule has 0 atom stereocenters. The Morgan fingerprint density at radius 2 is 0.750 bits per heavy atom. The molecule has 0 spiro atoms. The molecule has 0 amide bonds. The molecular formula is C72H48N2OSi. The third kappa shape index (κ3) is 6.81. The topological polar surface area (TPSA) is 23.0 Å². The summed E-state index contributed by atoms with van der Waals surface area (Å²) in [5.41, 5.74) is 15.6. The highest BCUT2D eigenvalue weighted by Gasteiger charge is 2.41. The average molecular weight is 985 g/mol. The quantitative estimate of drug-likeness (QED) is 0.104. The van der Waals surface area contributed by atoms with Crippen LogP contribution in [-0.2, 0) is 0 Å². The van der Waals surface area contributed by atoms with E-state index in [1.807, 2.05) is 0 Å². The Balaban J connectivity index is 1.000. The van der Waals surface area contributed by atoms with E-state index < -0.39 is 8.07 Å². The highest BCUT2D eigenvalue weighted by Crippen LogP contribution is 2.44. The molecule has 3 nitrogen and oxygen atoms in total. The lowest BCUT2D eigenvalue weighted by Gasteiger charge is -2.34. The third-order valence-electron chi connectivity index (χ3n) is 15.9. The maximum atomic E-state index is 6.92. The highest BCUT2D eigenvalue weighted by atomic mass is 28.3. The summed E-state index contributed by atoms with van der Waals surface area (Å²) in [5.74, 6) is 0. The van der Waals surface area contributed by atoms with E-state index in [1.165, 1.54) is 70.0 Å². The number of aromatic nitrogens is 2. The summed E-state index contributed by atoms with van der Waals surface area (Å²) < 4.78 is 11.8. The van der Waals surface area contributed by atoms with E-state index in [4.69, 9.17) is 4.42 Å². The molecule has 3 heterocycles. The average Bonchev–Trinajstić information content (AvgIpc) is 4.28. The van der Waals surface area contributed by atoms with Crippen molar-refractivity contribution < 1.29 is 4.42 Å². The summed E-state index contributed by atoms with van der Waals surface area (Å²) in [4.78, 5) is 0. The number of rotatable bonds is 9. The molecule has 0 aliphatic heterocycles. The van der Waals surface area contributed by atoms with Gasteiger partial charge in [-0.2, -0.15) is 0 Å². The van der Waals surface area contributed by atoms with Crippen LogP contribution in [0.3, 0.4) is 0 Å². The van der Waals surface area contributed by atoms with Gasteiger partial charge in [-0.1, -0.05) is 224 Å². The fourth-order valence-corrected chi connectivity index (χ4v) is 17.3. The van der Waals surface area contributed by atoms with Gasteiger partial charge in [-0.05, 0) is 115 Å². The van der Waals surface area contributed by atoms with Crippen molar-refractivity contribution >= 4 is 94.4 Å². The molecule has 0 radical (unpaired) electrons. The van der Waals surface area contributed by atoms with Gasteiger partial charge in [-0.3, -0.25) is 0 Å². The van der Waals surface area contributed by atoms with Gasteiger partial charge in [-0.25, -0.2) is 0 Å². The second-order valence-corrected chi connectivity index (χ2v) is 23.8. The van der Waals surface area contributed by atoms with Gasteiger partial charge in [0.05, 0.1) is 22.1 Å². The van der Waals surface area contributed by atoms with Gasteiger partial charge >= 0.3 is 0 Å². The molecule has 12 aromatic carbocycles. The first kappa shape index (κ1) is 43.8. The van der Waals surface area contributed by atoms with E-state index in [9.17, 15) is 0 Å². The molecule has 0 aliphatic rings. The summed E-state index contributed by atoms with van der Waals surface area (Å²) in [6.07, 6.45) is 0. The Labute approximate surface area is 441 Å². The van der Waals surface area contributed by atoms with Crippen LogP contribution in [0.1, 0.15) is 0 Å². The molecular weight excluding hydrogens is 937 g/mol. The summed E-state index contributed by atoms with van der Waals surface area (Å²) >= 11 is 0. The van der Waals surface area contributed by atoms with Crippen molar-refractivity contribution in [3.05, 3.63) is 291 Å². The number of hydrogen-bond acceptors (Lipinski definition) is 1. The predicted molar refractivity (Wildman–Crippen MR) is 322 cm³/mol. The second kappa shape index (κ2) is 17.7. The van der Waals surface area contributed by atoms with Gasteiger partial charge < -0.3 is 13.6 Å². The zero-order valence-corrected chi connectivity index (χ0v) is 42.5. The fourth-order valence-electron chi connectivity index (χ4n) is 12.5. The van der Waals surface area contributed by atoms with Crippen LogP contribution in [0.15, 0.2) is 296 Å². The highest BCUT2D eigenvalue weighted by molar-refractivity contribution is 7.20. The summed E-state index contributed by atoms with van der Waals surface area (Å²) in [5, 5.41) is 12.4. The molecule has 0 saturated carbocycles. The van der Waals surface area contributed by atoms with E-state index in [0.29, 0.717) is 0 Å². The SMILES string of the molecule is c1ccc(-c2cccc(-n3c4ccccc4c4cc(-n5c6ccc(-c7ccc(-c8ccccc8)c8c7oc7ccccc78)cc6c6cc([Si](c7ccccc7)(c7ccccc7)c7ccccc7)ccc65)ccc43)c2)cc1. The standard InChI is InChI=1S/C72H48N2OSi/c1-6-21-49(22-7-1)51-25-20-26-53(45-51)73-66-35-18-16-33-61(66)64-47-54(38-43-68(64)73)74-67-42-37-52(60-41-40-59(50-23-8-2-9-24-50)71-62-34-17-19-36-70(62)75-72(60)71)46-63(67)65-48-58(39-44-69(65)74)76(55-27-10-3-11-28-55,56-29-12-4-13-30-56)57-31-14-5-15-32-57/h1-48H. The zero-order chi connectivity index (χ0) is 50.2. The minimum Gasteiger partial charge on any atom is -0.455 e. The number of fused-ring (bicyclic) bond motifs is 9. The van der Waals surface area contributed by atoms with Crippen LogP contribution >= 0.6 is 0 Å². The Morgan fingerprint density at radius 1 is 0.263 bits per heavy atom. The Morgan fingerprint density at radius 3 is 1.42 bits per heavy atom. The van der Waals surface area contributed by atoms with Gasteiger partial charge in [-0.15, -0.1) is 0 Å². The van der Waals surface area contributed by atoms with E-state index in [-0.39, 0.29) is 0 Å². The normalized spacial score (nSPS) is 11.9. The van der Waals surface area contributed by atoms with Crippen LogP contribution in [0, 0.1) is 0 Å². The van der Waals surface area contributed by atoms with Crippen molar-refractivity contribution in [2.75, 3.05) is 0 Å². The Kier molecular flexibility index (Phi) is 10.2. The Bertz CT molecular complexity index is 4580. The molecule has 4 heteroatoms. The summed E-state index contributed by atoms with van der Waals surface area (Å²) in [7, 11) is -2.90. The van der Waals surface area contributed by atoms with Crippen LogP contribution in [0.5, 0.6) is 0 Å². The van der Waals surface area contributed by atoms with Crippen LogP contribution in [0.4, 0.5) is 0 Å². The minimum atomic E-state index is -2.90. The molecule has 15 rings (SSSR count). The number of para-hydroxylation sites is 2. The van der Waals surface area contributed by atoms with Gasteiger partial charge in [0.2, 0.25) is 0 Å². The number of nitrogens with zero attached hydrogens (tertiary/aromatic N) is 2. The first-order valence-corrected chi connectivity index (χ1v) is 28.2. The zero-order valence-electron chi connectivity index (χ0n) is 41.5. The number of hydrogen-bond donors (Lipinski definition) is 0. The molecule has 0 bridgehead atoms. The molecule has 0 fully saturated rings. The molecule has 356 valence electrons. The Hall–Kier alpha value is -9.74. The van der Waals surface area contributed by atoms with E-state index in [1.54, 1.807) is 0 Å². The molecule has 15 aromatic rings. The lowest BCUT2D eigenvalue weighted by atomic mass is 9.94. The van der Waals surface area contributed by atoms with Crippen LogP contribution in [0.25, 0.3) is 110 Å². The van der Waals surface area contributed by atoms with Crippen molar-refractivity contribution in [2.24, 2.45) is 0 Å². The molecule has 0 N–H and O–H groups in total. The molecule has 0 saturated heterocycles. The third-order valence-corrected chi connectivity index (χ3v) is 20.6. The predicted octanol–water partition coefficient (Wildman–Crippen LogP) is 16.2. The first-order chi connectivity index (χ1) is 37.7. The van der Waals surface area contributed by atoms with Gasteiger partial charge in [0.25, 0.3) is 0 Å². The van der Waals surface area contributed by atoms with Crippen LogP contribution in [0.2, 0.25) is 0 Å². The van der Waals surface area contributed by atoms with Crippen molar-refractivity contribution in [1.29, 1.82) is 0 Å². The van der Waals surface area contributed by atoms with E-state index in [2.05, 4.69) is 300 Å². The van der Waals surface area contributed by atoms with E-state index in [0.717, 1.165) is 61.0 Å². The maximum Gasteiger partial charge on any atom is 0.179 e. The van der Waals surface area contributed by atoms with Gasteiger partial charge in [0.1, 0.15) is 11.2 Å². The van der Waals surface area contributed by atoms with Crippen molar-refractivity contribution in [3.8, 4) is 44.8 Å². The van der Waals surface area contributed by atoms with Crippen molar-refractivity contribution in [2.45, 2.75) is 0 Å². The molecule has 0 aliphatic carbocycles. The fraction of sp³-hybridized carbons (Fsp3) is 0. The number of benzene rings is 12. The van der Waals surface area contributed by atoms with Gasteiger partial charge in [0.15, 0.2) is 8.07 Å². The van der Waals surface area contributed by atoms with Crippen LogP contribution in [-0.4, -0.2) is 17.2 Å². The smallest absolute Gasteiger partial charge is 0.179 e. The monoisotopic (exact) mass is 984 g/mol. The second-order valence-electron chi connectivity index (χ2n) is 19.9.